The number of nitrogens with zero attached hydrogens (tertiary/aromatic N) is 1. The molecule has 1 fully saturated rings. The Kier molecular flexibility index (Phi) is 5.11. The molecular formula is C14H16ClF3N2O. The summed E-state index contributed by atoms with van der Waals surface area (Å²) in [4.78, 5) is 13.9. The quantitative estimate of drug-likeness (QED) is 0.915. The van der Waals surface area contributed by atoms with Gasteiger partial charge in [-0.2, -0.15) is 13.2 Å². The summed E-state index contributed by atoms with van der Waals surface area (Å²) in [5, 5.41) is 2.10. The summed E-state index contributed by atoms with van der Waals surface area (Å²) in [6.07, 6.45) is -2.00. The number of nitrogens with one attached hydrogen (secondary N) is 1. The van der Waals surface area contributed by atoms with Crippen LogP contribution >= 0.6 is 11.6 Å². The van der Waals surface area contributed by atoms with Crippen molar-refractivity contribution in [2.75, 3.05) is 25.0 Å². The van der Waals surface area contributed by atoms with Crippen LogP contribution in [0, 0.1) is 0 Å². The van der Waals surface area contributed by atoms with Gasteiger partial charge in [-0.3, -0.25) is 4.79 Å². The van der Waals surface area contributed by atoms with Crippen LogP contribution in [0.3, 0.4) is 0 Å². The van der Waals surface area contributed by atoms with Crippen molar-refractivity contribution in [3.63, 3.8) is 0 Å². The molecule has 2 rings (SSSR count). The number of halogens is 4. The second-order valence-electron chi connectivity index (χ2n) is 5.04. The van der Waals surface area contributed by atoms with Crippen LogP contribution in [0.1, 0.15) is 24.8 Å². The summed E-state index contributed by atoms with van der Waals surface area (Å²) < 4.78 is 38.1. The average Bonchev–Trinajstić information content (AvgIpc) is 2.90. The second kappa shape index (κ2) is 6.66. The molecule has 0 aromatic heterocycles. The minimum Gasteiger partial charge on any atom is -0.326 e. The number of carbonyl (C=O) groups excluding carboxylic acids is 1. The maximum absolute atomic E-state index is 12.7. The van der Waals surface area contributed by atoms with Crippen molar-refractivity contribution in [3.05, 3.63) is 28.8 Å². The predicted octanol–water partition coefficient (Wildman–Crippen LogP) is 3.78. The third-order valence-corrected chi connectivity index (χ3v) is 3.74. The van der Waals surface area contributed by atoms with E-state index in [9.17, 15) is 18.0 Å². The molecule has 1 aromatic carbocycles. The molecule has 1 aliphatic heterocycles. The number of rotatable bonds is 4. The van der Waals surface area contributed by atoms with E-state index in [1.165, 1.54) is 6.07 Å². The Morgan fingerprint density at radius 2 is 1.95 bits per heavy atom. The van der Waals surface area contributed by atoms with Gasteiger partial charge in [0.05, 0.1) is 10.6 Å². The number of benzene rings is 1. The van der Waals surface area contributed by atoms with Gasteiger partial charge in [0.15, 0.2) is 0 Å². The van der Waals surface area contributed by atoms with Crippen LogP contribution in [0.5, 0.6) is 0 Å². The van der Waals surface area contributed by atoms with Gasteiger partial charge in [0, 0.05) is 18.7 Å². The van der Waals surface area contributed by atoms with Crippen LogP contribution in [0.15, 0.2) is 18.2 Å². The number of alkyl halides is 3. The van der Waals surface area contributed by atoms with E-state index in [0.717, 1.165) is 38.1 Å². The molecule has 1 aromatic rings. The predicted molar refractivity (Wildman–Crippen MR) is 75.4 cm³/mol. The van der Waals surface area contributed by atoms with Gasteiger partial charge in [0.25, 0.3) is 0 Å². The highest BCUT2D eigenvalue weighted by Gasteiger charge is 2.33. The fourth-order valence-electron chi connectivity index (χ4n) is 2.31. The third-order valence-electron chi connectivity index (χ3n) is 3.41. The van der Waals surface area contributed by atoms with E-state index in [-0.39, 0.29) is 23.0 Å². The summed E-state index contributed by atoms with van der Waals surface area (Å²) in [7, 11) is 0. The fourth-order valence-corrected chi connectivity index (χ4v) is 2.53. The molecule has 0 radical (unpaired) electrons. The average molecular weight is 321 g/mol. The molecule has 1 aliphatic rings. The van der Waals surface area contributed by atoms with Crippen molar-refractivity contribution in [2.45, 2.75) is 25.4 Å². The van der Waals surface area contributed by atoms with Crippen molar-refractivity contribution < 1.29 is 18.0 Å². The summed E-state index contributed by atoms with van der Waals surface area (Å²) >= 11 is 5.53. The van der Waals surface area contributed by atoms with Gasteiger partial charge in [-0.05, 0) is 44.1 Å². The Hall–Kier alpha value is -1.27. The Balaban J connectivity index is 1.94. The van der Waals surface area contributed by atoms with E-state index in [1.807, 2.05) is 0 Å². The Morgan fingerprint density at radius 1 is 1.29 bits per heavy atom. The van der Waals surface area contributed by atoms with Crippen molar-refractivity contribution in [1.29, 1.82) is 0 Å². The van der Waals surface area contributed by atoms with Crippen molar-refractivity contribution >= 4 is 23.2 Å². The molecule has 1 amide bonds. The molecule has 1 saturated heterocycles. The molecule has 1 N–H and O–H groups in total. The molecule has 116 valence electrons. The zero-order valence-corrected chi connectivity index (χ0v) is 12.1. The topological polar surface area (TPSA) is 32.3 Å². The molecular weight excluding hydrogens is 305 g/mol. The molecule has 0 spiro atoms. The lowest BCUT2D eigenvalue weighted by molar-refractivity contribution is -0.137. The van der Waals surface area contributed by atoms with Crippen molar-refractivity contribution in [3.8, 4) is 0 Å². The normalized spacial score (nSPS) is 16.2. The molecule has 0 unspecified atom stereocenters. The maximum Gasteiger partial charge on any atom is 0.417 e. The molecule has 0 aliphatic carbocycles. The molecule has 7 heteroatoms. The third kappa shape index (κ3) is 4.61. The van der Waals surface area contributed by atoms with E-state index in [2.05, 4.69) is 10.2 Å². The molecule has 1 heterocycles. The van der Waals surface area contributed by atoms with E-state index in [4.69, 9.17) is 11.6 Å². The first kappa shape index (κ1) is 16.1. The maximum atomic E-state index is 12.7. The Morgan fingerprint density at radius 3 is 2.57 bits per heavy atom. The molecule has 21 heavy (non-hydrogen) atoms. The number of hydrogen-bond donors (Lipinski definition) is 1. The number of amides is 1. The van der Waals surface area contributed by atoms with Gasteiger partial charge in [-0.25, -0.2) is 0 Å². The largest absolute Gasteiger partial charge is 0.417 e. The summed E-state index contributed by atoms with van der Waals surface area (Å²) in [6, 6.07) is 3.36. The van der Waals surface area contributed by atoms with Gasteiger partial charge in [-0.1, -0.05) is 11.6 Å². The van der Waals surface area contributed by atoms with E-state index < -0.39 is 11.7 Å². The lowest BCUT2D eigenvalue weighted by Crippen LogP contribution is -2.25. The van der Waals surface area contributed by atoms with Crippen LogP contribution in [0.4, 0.5) is 18.9 Å². The minimum absolute atomic E-state index is 0.109. The summed E-state index contributed by atoms with van der Waals surface area (Å²) in [5.74, 6) is -0.294. The van der Waals surface area contributed by atoms with Gasteiger partial charge in [0.1, 0.15) is 0 Å². The van der Waals surface area contributed by atoms with Crippen LogP contribution in [-0.4, -0.2) is 30.4 Å². The Bertz CT molecular complexity index is 513. The minimum atomic E-state index is -4.53. The van der Waals surface area contributed by atoms with Gasteiger partial charge in [0.2, 0.25) is 5.91 Å². The van der Waals surface area contributed by atoms with Crippen molar-refractivity contribution in [2.24, 2.45) is 0 Å². The first-order valence-corrected chi connectivity index (χ1v) is 7.13. The van der Waals surface area contributed by atoms with E-state index in [0.29, 0.717) is 6.54 Å². The first-order chi connectivity index (χ1) is 9.86. The Labute approximate surface area is 126 Å². The first-order valence-electron chi connectivity index (χ1n) is 6.75. The number of likely N-dealkylation sites (tertiary alicyclic amines) is 1. The van der Waals surface area contributed by atoms with Crippen LogP contribution in [0.25, 0.3) is 0 Å². The summed E-state index contributed by atoms with van der Waals surface area (Å²) in [6.45, 7) is 2.59. The zero-order valence-electron chi connectivity index (χ0n) is 11.3. The van der Waals surface area contributed by atoms with Crippen LogP contribution in [0.2, 0.25) is 5.02 Å². The molecule has 3 nitrogen and oxygen atoms in total. The van der Waals surface area contributed by atoms with Crippen LogP contribution in [-0.2, 0) is 11.0 Å². The van der Waals surface area contributed by atoms with Crippen LogP contribution < -0.4 is 5.32 Å². The molecule has 0 saturated carbocycles. The van der Waals surface area contributed by atoms with Gasteiger partial charge in [-0.15, -0.1) is 0 Å². The van der Waals surface area contributed by atoms with Gasteiger partial charge >= 0.3 is 6.18 Å². The molecule has 0 atom stereocenters. The lowest BCUT2D eigenvalue weighted by Gasteiger charge is -2.15. The smallest absolute Gasteiger partial charge is 0.326 e. The number of anilines is 1. The fraction of sp³-hybridized carbons (Fsp3) is 0.500. The zero-order chi connectivity index (χ0) is 15.5. The standard InChI is InChI=1S/C14H16ClF3N2O/c15-12-4-3-10(9-11(12)14(16,17)18)19-13(21)5-8-20-6-1-2-7-20/h3-4,9H,1-2,5-8H2,(H,19,21). The number of hydrogen-bond acceptors (Lipinski definition) is 2. The second-order valence-corrected chi connectivity index (χ2v) is 5.45. The highest BCUT2D eigenvalue weighted by atomic mass is 35.5. The highest BCUT2D eigenvalue weighted by Crippen LogP contribution is 2.36. The SMILES string of the molecule is O=C(CCN1CCCC1)Nc1ccc(Cl)c(C(F)(F)F)c1. The highest BCUT2D eigenvalue weighted by molar-refractivity contribution is 6.31. The summed E-state index contributed by atoms with van der Waals surface area (Å²) in [5.41, 5.74) is -0.834. The van der Waals surface area contributed by atoms with Crippen molar-refractivity contribution in [1.82, 2.24) is 4.90 Å². The number of carbonyl (C=O) groups is 1. The monoisotopic (exact) mass is 320 g/mol. The van der Waals surface area contributed by atoms with E-state index in [1.54, 1.807) is 0 Å². The lowest BCUT2D eigenvalue weighted by atomic mass is 10.2. The molecule has 0 bridgehead atoms. The van der Waals surface area contributed by atoms with Gasteiger partial charge < -0.3 is 10.2 Å². The van der Waals surface area contributed by atoms with E-state index >= 15 is 0 Å².